The lowest BCUT2D eigenvalue weighted by Gasteiger charge is -2.08. The fourth-order valence-corrected chi connectivity index (χ4v) is 3.08. The Labute approximate surface area is 104 Å². The summed E-state index contributed by atoms with van der Waals surface area (Å²) in [6.07, 6.45) is 0. The van der Waals surface area contributed by atoms with Gasteiger partial charge >= 0.3 is 0 Å². The van der Waals surface area contributed by atoms with Gasteiger partial charge in [0, 0.05) is 17.2 Å². The fourth-order valence-electron chi connectivity index (χ4n) is 1.38. The summed E-state index contributed by atoms with van der Waals surface area (Å²) in [5, 5.41) is 8.03. The summed E-state index contributed by atoms with van der Waals surface area (Å²) in [6.45, 7) is 7.26. The summed E-state index contributed by atoms with van der Waals surface area (Å²) in [5.41, 5.74) is 0. The van der Waals surface area contributed by atoms with E-state index < -0.39 is 0 Å². The number of nitrogens with one attached hydrogen (secondary N) is 1. The normalized spacial score (nSPS) is 11.2. The molecule has 0 fully saturated rings. The quantitative estimate of drug-likeness (QED) is 0.667. The van der Waals surface area contributed by atoms with Gasteiger partial charge in [0.05, 0.1) is 0 Å². The molecule has 0 spiro atoms. The van der Waals surface area contributed by atoms with Crippen LogP contribution in [0.15, 0.2) is 16.5 Å². The van der Waals surface area contributed by atoms with Crippen molar-refractivity contribution in [1.82, 2.24) is 9.97 Å². The summed E-state index contributed by atoms with van der Waals surface area (Å²) >= 11 is 3.45. The van der Waals surface area contributed by atoms with Crippen LogP contribution in [0.5, 0.6) is 0 Å². The minimum Gasteiger partial charge on any atom is -0.354 e. The molecular formula is C11H15N3S2. The number of rotatable bonds is 4. The van der Waals surface area contributed by atoms with Gasteiger partial charge in [0.1, 0.15) is 9.86 Å². The van der Waals surface area contributed by atoms with Gasteiger partial charge < -0.3 is 5.32 Å². The second-order valence-electron chi connectivity index (χ2n) is 3.69. The van der Waals surface area contributed by atoms with E-state index in [1.54, 1.807) is 23.1 Å². The molecule has 2 rings (SSSR count). The molecule has 16 heavy (non-hydrogen) atoms. The van der Waals surface area contributed by atoms with E-state index in [0.29, 0.717) is 5.25 Å². The van der Waals surface area contributed by atoms with Crippen LogP contribution >= 0.6 is 23.1 Å². The molecule has 0 amide bonds. The lowest BCUT2D eigenvalue weighted by atomic mass is 10.4. The second kappa shape index (κ2) is 5.01. The molecule has 0 bridgehead atoms. The van der Waals surface area contributed by atoms with Crippen LogP contribution in [0, 0.1) is 0 Å². The van der Waals surface area contributed by atoms with Gasteiger partial charge in [-0.25, -0.2) is 9.97 Å². The van der Waals surface area contributed by atoms with Crippen LogP contribution < -0.4 is 5.32 Å². The molecule has 86 valence electrons. The maximum absolute atomic E-state index is 4.55. The van der Waals surface area contributed by atoms with E-state index in [-0.39, 0.29) is 0 Å². The van der Waals surface area contributed by atoms with Crippen LogP contribution in [0.3, 0.4) is 0 Å². The van der Waals surface area contributed by atoms with Crippen molar-refractivity contribution in [2.75, 3.05) is 11.9 Å². The van der Waals surface area contributed by atoms with Gasteiger partial charge in [-0.2, -0.15) is 0 Å². The van der Waals surface area contributed by atoms with Crippen LogP contribution in [0.2, 0.25) is 0 Å². The minimum absolute atomic E-state index is 0.535. The molecule has 1 N–H and O–H groups in total. The van der Waals surface area contributed by atoms with Crippen LogP contribution in [-0.4, -0.2) is 21.8 Å². The van der Waals surface area contributed by atoms with E-state index >= 15 is 0 Å². The van der Waals surface area contributed by atoms with Crippen LogP contribution in [0.25, 0.3) is 10.2 Å². The molecule has 0 aromatic carbocycles. The fraction of sp³-hybridized carbons (Fsp3) is 0.455. The highest BCUT2D eigenvalue weighted by Crippen LogP contribution is 2.31. The van der Waals surface area contributed by atoms with Gasteiger partial charge in [-0.05, 0) is 18.4 Å². The van der Waals surface area contributed by atoms with Crippen molar-refractivity contribution in [2.24, 2.45) is 0 Å². The van der Waals surface area contributed by atoms with E-state index in [9.17, 15) is 0 Å². The number of thiophene rings is 1. The largest absolute Gasteiger partial charge is 0.354 e. The first-order valence-electron chi connectivity index (χ1n) is 5.36. The summed E-state index contributed by atoms with van der Waals surface area (Å²) in [6, 6.07) is 2.10. The second-order valence-corrected chi connectivity index (χ2v) is 6.15. The third kappa shape index (κ3) is 2.47. The number of nitrogens with zero attached hydrogens (tertiary/aromatic N) is 2. The Morgan fingerprint density at radius 1 is 1.44 bits per heavy atom. The SMILES string of the molecule is CCNc1nc(SC(C)C)c2ccsc2n1. The van der Waals surface area contributed by atoms with Gasteiger partial charge in [0.2, 0.25) is 5.95 Å². The first kappa shape index (κ1) is 11.7. The van der Waals surface area contributed by atoms with E-state index in [1.807, 2.05) is 0 Å². The molecule has 0 aliphatic rings. The van der Waals surface area contributed by atoms with Crippen molar-refractivity contribution in [3.63, 3.8) is 0 Å². The zero-order valence-electron chi connectivity index (χ0n) is 9.65. The Morgan fingerprint density at radius 2 is 2.25 bits per heavy atom. The molecule has 0 aliphatic carbocycles. The lowest BCUT2D eigenvalue weighted by Crippen LogP contribution is -2.03. The third-order valence-corrected chi connectivity index (χ3v) is 3.78. The Bertz CT molecular complexity index is 479. The number of aromatic nitrogens is 2. The number of fused-ring (bicyclic) bond motifs is 1. The maximum Gasteiger partial charge on any atom is 0.225 e. The molecule has 2 aromatic heterocycles. The highest BCUT2D eigenvalue weighted by Gasteiger charge is 2.10. The summed E-state index contributed by atoms with van der Waals surface area (Å²) in [4.78, 5) is 10.1. The van der Waals surface area contributed by atoms with Gasteiger partial charge in [0.25, 0.3) is 0 Å². The lowest BCUT2D eigenvalue weighted by molar-refractivity contribution is 1.04. The molecule has 0 unspecified atom stereocenters. The number of hydrogen-bond donors (Lipinski definition) is 1. The summed E-state index contributed by atoms with van der Waals surface area (Å²) < 4.78 is 0. The van der Waals surface area contributed by atoms with Crippen molar-refractivity contribution in [3.8, 4) is 0 Å². The van der Waals surface area contributed by atoms with E-state index in [1.165, 1.54) is 5.39 Å². The molecule has 2 aromatic rings. The average Bonchev–Trinajstić information content (AvgIpc) is 2.65. The first-order chi connectivity index (χ1) is 7.70. The van der Waals surface area contributed by atoms with Crippen molar-refractivity contribution in [2.45, 2.75) is 31.0 Å². The maximum atomic E-state index is 4.55. The molecule has 0 aliphatic heterocycles. The summed E-state index contributed by atoms with van der Waals surface area (Å²) in [7, 11) is 0. The Kier molecular flexibility index (Phi) is 3.66. The monoisotopic (exact) mass is 253 g/mol. The predicted octanol–water partition coefficient (Wildman–Crippen LogP) is 3.62. The zero-order valence-corrected chi connectivity index (χ0v) is 11.3. The molecular weight excluding hydrogens is 238 g/mol. The summed E-state index contributed by atoms with van der Waals surface area (Å²) in [5.74, 6) is 0.737. The minimum atomic E-state index is 0.535. The Hall–Kier alpha value is -0.810. The average molecular weight is 253 g/mol. The topological polar surface area (TPSA) is 37.8 Å². The molecule has 2 heterocycles. The predicted molar refractivity (Wildman–Crippen MR) is 72.6 cm³/mol. The number of hydrogen-bond acceptors (Lipinski definition) is 5. The van der Waals surface area contributed by atoms with Crippen LogP contribution in [-0.2, 0) is 0 Å². The highest BCUT2D eigenvalue weighted by atomic mass is 32.2. The molecule has 0 saturated carbocycles. The van der Waals surface area contributed by atoms with Crippen molar-refractivity contribution in [3.05, 3.63) is 11.4 Å². The standard InChI is InChI=1S/C11H15N3S2/c1-4-12-11-13-9-8(5-6-15-9)10(14-11)16-7(2)3/h5-7H,4H2,1-3H3,(H,12,13,14). The van der Waals surface area contributed by atoms with Crippen molar-refractivity contribution in [1.29, 1.82) is 0 Å². The van der Waals surface area contributed by atoms with Gasteiger partial charge in [0.15, 0.2) is 0 Å². The highest BCUT2D eigenvalue weighted by molar-refractivity contribution is 8.00. The Balaban J connectivity index is 2.46. The van der Waals surface area contributed by atoms with Gasteiger partial charge in [-0.15, -0.1) is 23.1 Å². The number of anilines is 1. The van der Waals surface area contributed by atoms with Crippen LogP contribution in [0.4, 0.5) is 5.95 Å². The molecule has 0 radical (unpaired) electrons. The van der Waals surface area contributed by atoms with E-state index in [2.05, 4.69) is 47.5 Å². The van der Waals surface area contributed by atoms with Crippen molar-refractivity contribution < 1.29 is 0 Å². The first-order valence-corrected chi connectivity index (χ1v) is 7.12. The molecule has 0 saturated heterocycles. The van der Waals surface area contributed by atoms with Gasteiger partial charge in [-0.1, -0.05) is 13.8 Å². The van der Waals surface area contributed by atoms with Crippen LogP contribution in [0.1, 0.15) is 20.8 Å². The van der Waals surface area contributed by atoms with E-state index in [0.717, 1.165) is 22.3 Å². The van der Waals surface area contributed by atoms with Crippen molar-refractivity contribution >= 4 is 39.3 Å². The molecule has 3 nitrogen and oxygen atoms in total. The third-order valence-electron chi connectivity index (χ3n) is 1.97. The number of thioether (sulfide) groups is 1. The molecule has 0 atom stereocenters. The van der Waals surface area contributed by atoms with Gasteiger partial charge in [-0.3, -0.25) is 0 Å². The Morgan fingerprint density at radius 3 is 2.94 bits per heavy atom. The zero-order chi connectivity index (χ0) is 11.5. The smallest absolute Gasteiger partial charge is 0.225 e. The molecule has 5 heteroatoms. The van der Waals surface area contributed by atoms with E-state index in [4.69, 9.17) is 0 Å².